The number of hydrogen-bond donors (Lipinski definition) is 2. The Labute approximate surface area is 126 Å². The molecule has 1 aliphatic rings. The fourth-order valence-electron chi connectivity index (χ4n) is 1.95. The van der Waals surface area contributed by atoms with Crippen LogP contribution in [0.25, 0.3) is 0 Å². The Morgan fingerprint density at radius 3 is 2.84 bits per heavy atom. The van der Waals surface area contributed by atoms with Crippen LogP contribution in [0.2, 0.25) is 0 Å². The predicted molar refractivity (Wildman–Crippen MR) is 83.3 cm³/mol. The van der Waals surface area contributed by atoms with Crippen molar-refractivity contribution < 1.29 is 4.79 Å². The first kappa shape index (κ1) is 14.7. The summed E-state index contributed by atoms with van der Waals surface area (Å²) in [4.78, 5) is 15.0. The van der Waals surface area contributed by atoms with Gasteiger partial charge in [0.25, 0.3) is 0 Å². The fraction of sp³-hybridized carbons (Fsp3) is 0.462. The number of benzene rings is 1. The molecule has 0 atom stereocenters. The zero-order chi connectivity index (χ0) is 13.7. The number of rotatable bonds is 4. The molecule has 1 saturated heterocycles. The highest BCUT2D eigenvalue weighted by molar-refractivity contribution is 9.10. The molecular formula is C13H18BrN3OS. The van der Waals surface area contributed by atoms with Crippen LogP contribution in [-0.4, -0.2) is 42.7 Å². The van der Waals surface area contributed by atoms with E-state index in [2.05, 4.69) is 21.2 Å². The molecule has 0 saturated carbocycles. The van der Waals surface area contributed by atoms with Crippen LogP contribution in [0.4, 0.5) is 5.69 Å². The molecule has 1 heterocycles. The summed E-state index contributed by atoms with van der Waals surface area (Å²) >= 11 is 5.17. The molecule has 104 valence electrons. The number of thioether (sulfide) groups is 1. The Hall–Kier alpha value is -0.720. The highest BCUT2D eigenvalue weighted by Crippen LogP contribution is 2.29. The van der Waals surface area contributed by atoms with E-state index in [0.29, 0.717) is 6.42 Å². The number of piperazine rings is 1. The van der Waals surface area contributed by atoms with E-state index in [-0.39, 0.29) is 5.91 Å². The normalized spacial score (nSPS) is 15.5. The number of anilines is 1. The van der Waals surface area contributed by atoms with Crippen molar-refractivity contribution in [3.63, 3.8) is 0 Å². The molecule has 6 heteroatoms. The standard InChI is InChI=1S/C13H18BrN3OS/c14-11-9-10(15)1-2-12(11)19-8-3-13(18)17-6-4-16-5-7-17/h1-2,9,16H,3-8,15H2. The molecule has 19 heavy (non-hydrogen) atoms. The Morgan fingerprint density at radius 2 is 2.16 bits per heavy atom. The van der Waals surface area contributed by atoms with Gasteiger partial charge in [0.2, 0.25) is 5.91 Å². The SMILES string of the molecule is Nc1ccc(SCCC(=O)N2CCNCC2)c(Br)c1. The second-order valence-corrected chi connectivity index (χ2v) is 6.41. The van der Waals surface area contributed by atoms with Gasteiger partial charge in [-0.1, -0.05) is 0 Å². The number of nitrogen functional groups attached to an aromatic ring is 1. The zero-order valence-electron chi connectivity index (χ0n) is 10.7. The van der Waals surface area contributed by atoms with Crippen LogP contribution in [0.1, 0.15) is 6.42 Å². The van der Waals surface area contributed by atoms with Gasteiger partial charge in [-0.15, -0.1) is 11.8 Å². The third kappa shape index (κ3) is 4.40. The lowest BCUT2D eigenvalue weighted by Gasteiger charge is -2.27. The van der Waals surface area contributed by atoms with Crippen LogP contribution in [-0.2, 0) is 4.79 Å². The number of carbonyl (C=O) groups is 1. The molecule has 1 aromatic rings. The van der Waals surface area contributed by atoms with E-state index in [1.165, 1.54) is 0 Å². The molecule has 2 rings (SSSR count). The lowest BCUT2D eigenvalue weighted by Crippen LogP contribution is -2.46. The van der Waals surface area contributed by atoms with E-state index >= 15 is 0 Å². The topological polar surface area (TPSA) is 58.4 Å². The lowest BCUT2D eigenvalue weighted by molar-refractivity contribution is -0.131. The number of nitrogens with one attached hydrogen (secondary N) is 1. The van der Waals surface area contributed by atoms with Gasteiger partial charge in [0.1, 0.15) is 0 Å². The fourth-order valence-corrected chi connectivity index (χ4v) is 3.55. The summed E-state index contributed by atoms with van der Waals surface area (Å²) in [5.74, 6) is 1.05. The minimum Gasteiger partial charge on any atom is -0.399 e. The van der Waals surface area contributed by atoms with E-state index < -0.39 is 0 Å². The van der Waals surface area contributed by atoms with Crippen molar-refractivity contribution in [2.24, 2.45) is 0 Å². The van der Waals surface area contributed by atoms with Gasteiger partial charge >= 0.3 is 0 Å². The second kappa shape index (κ2) is 7.17. The number of nitrogens with two attached hydrogens (primary N) is 1. The molecule has 0 unspecified atom stereocenters. The summed E-state index contributed by atoms with van der Waals surface area (Å²) in [6.45, 7) is 3.47. The van der Waals surface area contributed by atoms with Gasteiger partial charge < -0.3 is 16.0 Å². The third-order valence-electron chi connectivity index (χ3n) is 3.00. The number of nitrogens with zero attached hydrogens (tertiary/aromatic N) is 1. The Balaban J connectivity index is 1.78. The van der Waals surface area contributed by atoms with Gasteiger partial charge in [0.15, 0.2) is 0 Å². The molecule has 1 amide bonds. The quantitative estimate of drug-likeness (QED) is 0.648. The van der Waals surface area contributed by atoms with Crippen LogP contribution in [0.15, 0.2) is 27.6 Å². The smallest absolute Gasteiger partial charge is 0.223 e. The number of hydrogen-bond acceptors (Lipinski definition) is 4. The highest BCUT2D eigenvalue weighted by Gasteiger charge is 2.15. The monoisotopic (exact) mass is 343 g/mol. The van der Waals surface area contributed by atoms with E-state index in [9.17, 15) is 4.79 Å². The maximum Gasteiger partial charge on any atom is 0.223 e. The Morgan fingerprint density at radius 1 is 1.42 bits per heavy atom. The van der Waals surface area contributed by atoms with Crippen LogP contribution in [0, 0.1) is 0 Å². The largest absolute Gasteiger partial charge is 0.399 e. The third-order valence-corrected chi connectivity index (χ3v) is 4.99. The first-order chi connectivity index (χ1) is 9.16. The van der Waals surface area contributed by atoms with Crippen molar-refractivity contribution in [1.29, 1.82) is 0 Å². The average Bonchev–Trinajstić information content (AvgIpc) is 2.42. The zero-order valence-corrected chi connectivity index (χ0v) is 13.1. The summed E-state index contributed by atoms with van der Waals surface area (Å²) in [5.41, 5.74) is 6.44. The summed E-state index contributed by atoms with van der Waals surface area (Å²) in [5, 5.41) is 3.25. The number of amides is 1. The Bertz CT molecular complexity index is 450. The van der Waals surface area contributed by atoms with Gasteiger partial charge in [-0.3, -0.25) is 4.79 Å². The van der Waals surface area contributed by atoms with Crippen LogP contribution in [0.3, 0.4) is 0 Å². The first-order valence-corrected chi connectivity index (χ1v) is 8.11. The Kier molecular flexibility index (Phi) is 5.54. The molecular weight excluding hydrogens is 326 g/mol. The highest BCUT2D eigenvalue weighted by atomic mass is 79.9. The molecule has 1 aromatic carbocycles. The molecule has 0 spiro atoms. The summed E-state index contributed by atoms with van der Waals surface area (Å²) in [6, 6.07) is 5.76. The van der Waals surface area contributed by atoms with Gasteiger partial charge in [0, 0.05) is 53.4 Å². The summed E-state index contributed by atoms with van der Waals surface area (Å²) in [7, 11) is 0. The van der Waals surface area contributed by atoms with Gasteiger partial charge in [-0.2, -0.15) is 0 Å². The molecule has 1 fully saturated rings. The molecule has 0 bridgehead atoms. The van der Waals surface area contributed by atoms with E-state index in [1.807, 2.05) is 23.1 Å². The molecule has 3 N–H and O–H groups in total. The van der Waals surface area contributed by atoms with Crippen LogP contribution in [0.5, 0.6) is 0 Å². The minimum absolute atomic E-state index is 0.251. The molecule has 4 nitrogen and oxygen atoms in total. The number of carbonyl (C=O) groups excluding carboxylic acids is 1. The molecule has 0 aromatic heterocycles. The first-order valence-electron chi connectivity index (χ1n) is 6.33. The molecule has 0 aliphatic carbocycles. The minimum atomic E-state index is 0.251. The average molecular weight is 344 g/mol. The molecule has 1 aliphatic heterocycles. The maximum absolute atomic E-state index is 12.0. The van der Waals surface area contributed by atoms with Gasteiger partial charge in [-0.05, 0) is 34.1 Å². The van der Waals surface area contributed by atoms with Crippen LogP contribution < -0.4 is 11.1 Å². The summed E-state index contributed by atoms with van der Waals surface area (Å²) in [6.07, 6.45) is 0.585. The number of halogens is 1. The van der Waals surface area contributed by atoms with Crippen molar-refractivity contribution >= 4 is 39.3 Å². The van der Waals surface area contributed by atoms with Crippen molar-refractivity contribution in [2.45, 2.75) is 11.3 Å². The van der Waals surface area contributed by atoms with E-state index in [4.69, 9.17) is 5.73 Å². The summed E-state index contributed by atoms with van der Waals surface area (Å²) < 4.78 is 0.993. The predicted octanol–water partition coefficient (Wildman–Crippen LogP) is 1.95. The van der Waals surface area contributed by atoms with Crippen molar-refractivity contribution in [3.8, 4) is 0 Å². The van der Waals surface area contributed by atoms with Gasteiger partial charge in [-0.25, -0.2) is 0 Å². The van der Waals surface area contributed by atoms with E-state index in [0.717, 1.165) is 47.0 Å². The van der Waals surface area contributed by atoms with Crippen LogP contribution >= 0.6 is 27.7 Å². The van der Waals surface area contributed by atoms with Crippen molar-refractivity contribution in [1.82, 2.24) is 10.2 Å². The molecule has 0 radical (unpaired) electrons. The maximum atomic E-state index is 12.0. The van der Waals surface area contributed by atoms with E-state index in [1.54, 1.807) is 11.8 Å². The van der Waals surface area contributed by atoms with Crippen molar-refractivity contribution in [3.05, 3.63) is 22.7 Å². The lowest BCUT2D eigenvalue weighted by atomic mass is 10.3. The second-order valence-electron chi connectivity index (χ2n) is 4.42. The van der Waals surface area contributed by atoms with Gasteiger partial charge in [0.05, 0.1) is 0 Å². The van der Waals surface area contributed by atoms with Crippen molar-refractivity contribution in [2.75, 3.05) is 37.7 Å².